The molecular weight excluding hydrogens is 272 g/mol. The molecule has 0 aromatic heterocycles. The first kappa shape index (κ1) is 15.5. The van der Waals surface area contributed by atoms with E-state index in [-0.39, 0.29) is 0 Å². The predicted octanol–water partition coefficient (Wildman–Crippen LogP) is 2.41. The maximum atomic E-state index is 12.2. The van der Waals surface area contributed by atoms with Crippen LogP contribution in [0, 0.1) is 0 Å². The van der Waals surface area contributed by atoms with Crippen molar-refractivity contribution in [2.45, 2.75) is 46.1 Å². The van der Waals surface area contributed by atoms with Crippen molar-refractivity contribution in [3.63, 3.8) is 0 Å². The Hall–Kier alpha value is -0.910. The number of rotatable bonds is 5. The summed E-state index contributed by atoms with van der Waals surface area (Å²) in [5.41, 5.74) is 3.69. The minimum atomic E-state index is -3.34. The van der Waals surface area contributed by atoms with Gasteiger partial charge >= 0.3 is 0 Å². The van der Waals surface area contributed by atoms with Gasteiger partial charge in [0.05, 0.1) is 0 Å². The fourth-order valence-corrected chi connectivity index (χ4v) is 3.72. The van der Waals surface area contributed by atoms with Crippen LogP contribution in [-0.4, -0.2) is 25.8 Å². The normalized spacial score (nSPS) is 16.4. The number of benzene rings is 1. The predicted molar refractivity (Wildman–Crippen MR) is 81.9 cm³/mol. The Kier molecular flexibility index (Phi) is 4.83. The molecule has 0 radical (unpaired) electrons. The Morgan fingerprint density at radius 3 is 2.70 bits per heavy atom. The third-order valence-electron chi connectivity index (χ3n) is 3.75. The maximum absolute atomic E-state index is 12.2. The van der Waals surface area contributed by atoms with Crippen LogP contribution in [-0.2, 0) is 23.2 Å². The summed E-state index contributed by atoms with van der Waals surface area (Å²) < 4.78 is 28.6. The zero-order valence-corrected chi connectivity index (χ0v) is 13.3. The molecule has 2 rings (SSSR count). The molecule has 1 N–H and O–H groups in total. The van der Waals surface area contributed by atoms with Gasteiger partial charge in [-0.15, -0.1) is 0 Å². The molecule has 1 aliphatic heterocycles. The van der Waals surface area contributed by atoms with Crippen LogP contribution in [0.2, 0.25) is 0 Å². The van der Waals surface area contributed by atoms with E-state index in [9.17, 15) is 8.42 Å². The molecule has 1 heterocycles. The molecule has 20 heavy (non-hydrogen) atoms. The highest BCUT2D eigenvalue weighted by Crippen LogP contribution is 2.25. The number of nitrogens with zero attached hydrogens (tertiary/aromatic N) is 1. The van der Waals surface area contributed by atoms with Gasteiger partial charge in [-0.2, -0.15) is 12.7 Å². The van der Waals surface area contributed by atoms with E-state index >= 15 is 0 Å². The molecular formula is C15H24N2O2S. The lowest BCUT2D eigenvalue weighted by Gasteiger charge is -2.28. The van der Waals surface area contributed by atoms with Crippen molar-refractivity contribution in [2.24, 2.45) is 0 Å². The molecule has 4 nitrogen and oxygen atoms in total. The second-order valence-corrected chi connectivity index (χ2v) is 7.42. The molecule has 0 spiro atoms. The van der Waals surface area contributed by atoms with Gasteiger partial charge in [0.1, 0.15) is 0 Å². The van der Waals surface area contributed by atoms with Crippen molar-refractivity contribution in [1.29, 1.82) is 0 Å². The lowest BCUT2D eigenvalue weighted by molar-refractivity contribution is 0.384. The van der Waals surface area contributed by atoms with Crippen molar-refractivity contribution >= 4 is 10.2 Å². The van der Waals surface area contributed by atoms with Gasteiger partial charge < -0.3 is 0 Å². The number of hydrogen-bond donors (Lipinski definition) is 1. The number of fused-ring (bicyclic) bond motifs is 1. The monoisotopic (exact) mass is 296 g/mol. The van der Waals surface area contributed by atoms with Crippen LogP contribution in [0.1, 0.15) is 49.8 Å². The SMILES string of the molecule is CCCNS(=O)(=O)N1CCc2ccc(C(C)C)cc2C1. The Labute approximate surface area is 122 Å². The molecule has 0 bridgehead atoms. The summed E-state index contributed by atoms with van der Waals surface area (Å²) in [6.07, 6.45) is 1.60. The van der Waals surface area contributed by atoms with E-state index in [0.717, 1.165) is 18.4 Å². The quantitative estimate of drug-likeness (QED) is 0.907. The van der Waals surface area contributed by atoms with Crippen LogP contribution in [0.4, 0.5) is 0 Å². The van der Waals surface area contributed by atoms with Gasteiger partial charge in [0.2, 0.25) is 0 Å². The third-order valence-corrected chi connectivity index (χ3v) is 5.31. The smallest absolute Gasteiger partial charge is 0.202 e. The second kappa shape index (κ2) is 6.24. The van der Waals surface area contributed by atoms with E-state index in [1.807, 2.05) is 6.92 Å². The topological polar surface area (TPSA) is 49.4 Å². The zero-order valence-electron chi connectivity index (χ0n) is 12.5. The molecule has 1 aromatic rings. The van der Waals surface area contributed by atoms with Gasteiger partial charge in [0, 0.05) is 19.6 Å². The molecule has 1 aromatic carbocycles. The van der Waals surface area contributed by atoms with E-state index in [4.69, 9.17) is 0 Å². The third kappa shape index (κ3) is 3.40. The van der Waals surface area contributed by atoms with Crippen molar-refractivity contribution in [2.75, 3.05) is 13.1 Å². The van der Waals surface area contributed by atoms with Crippen molar-refractivity contribution in [1.82, 2.24) is 9.03 Å². The Morgan fingerprint density at radius 2 is 2.05 bits per heavy atom. The molecule has 0 fully saturated rings. The highest BCUT2D eigenvalue weighted by atomic mass is 32.2. The molecule has 0 saturated carbocycles. The Morgan fingerprint density at radius 1 is 1.30 bits per heavy atom. The summed E-state index contributed by atoms with van der Waals surface area (Å²) in [5.74, 6) is 0.463. The van der Waals surface area contributed by atoms with Crippen LogP contribution in [0.5, 0.6) is 0 Å². The number of nitrogens with one attached hydrogen (secondary N) is 1. The van der Waals surface area contributed by atoms with Gasteiger partial charge in [0.15, 0.2) is 0 Å². The fourth-order valence-electron chi connectivity index (χ4n) is 2.44. The van der Waals surface area contributed by atoms with Gasteiger partial charge in [-0.1, -0.05) is 39.0 Å². The lowest BCUT2D eigenvalue weighted by Crippen LogP contribution is -2.43. The van der Waals surface area contributed by atoms with Crippen LogP contribution in [0.25, 0.3) is 0 Å². The highest BCUT2D eigenvalue weighted by molar-refractivity contribution is 7.87. The molecule has 0 unspecified atom stereocenters. The average Bonchev–Trinajstić information content (AvgIpc) is 2.43. The van der Waals surface area contributed by atoms with E-state index in [1.54, 1.807) is 4.31 Å². The largest absolute Gasteiger partial charge is 0.279 e. The van der Waals surface area contributed by atoms with E-state index in [2.05, 4.69) is 36.8 Å². The second-order valence-electron chi connectivity index (χ2n) is 5.67. The van der Waals surface area contributed by atoms with Crippen LogP contribution < -0.4 is 4.72 Å². The summed E-state index contributed by atoms with van der Waals surface area (Å²) in [4.78, 5) is 0. The van der Waals surface area contributed by atoms with Gasteiger partial charge in [-0.3, -0.25) is 0 Å². The molecule has 0 atom stereocenters. The lowest BCUT2D eigenvalue weighted by atomic mass is 9.94. The molecule has 1 aliphatic rings. The minimum Gasteiger partial charge on any atom is -0.202 e. The summed E-state index contributed by atoms with van der Waals surface area (Å²) in [6, 6.07) is 6.46. The van der Waals surface area contributed by atoms with E-state index in [0.29, 0.717) is 25.6 Å². The fraction of sp³-hybridized carbons (Fsp3) is 0.600. The van der Waals surface area contributed by atoms with Gasteiger partial charge in [-0.25, -0.2) is 4.72 Å². The van der Waals surface area contributed by atoms with Crippen LogP contribution in [0.3, 0.4) is 0 Å². The first-order valence-electron chi connectivity index (χ1n) is 7.30. The molecule has 5 heteroatoms. The summed E-state index contributed by atoms with van der Waals surface area (Å²) in [5, 5.41) is 0. The summed E-state index contributed by atoms with van der Waals surface area (Å²) in [6.45, 7) is 7.81. The number of hydrogen-bond acceptors (Lipinski definition) is 2. The zero-order chi connectivity index (χ0) is 14.8. The Bertz CT molecular complexity index is 567. The first-order valence-corrected chi connectivity index (χ1v) is 8.74. The molecule has 112 valence electrons. The maximum Gasteiger partial charge on any atom is 0.279 e. The molecule has 0 saturated heterocycles. The van der Waals surface area contributed by atoms with E-state index < -0.39 is 10.2 Å². The average molecular weight is 296 g/mol. The van der Waals surface area contributed by atoms with Gasteiger partial charge in [0.25, 0.3) is 10.2 Å². The highest BCUT2D eigenvalue weighted by Gasteiger charge is 2.26. The first-order chi connectivity index (χ1) is 9.44. The van der Waals surface area contributed by atoms with Crippen LogP contribution >= 0.6 is 0 Å². The van der Waals surface area contributed by atoms with Crippen molar-refractivity contribution in [3.8, 4) is 0 Å². The summed E-state index contributed by atoms with van der Waals surface area (Å²) >= 11 is 0. The van der Waals surface area contributed by atoms with Gasteiger partial charge in [-0.05, 0) is 35.4 Å². The summed E-state index contributed by atoms with van der Waals surface area (Å²) in [7, 11) is -3.34. The van der Waals surface area contributed by atoms with Crippen LogP contribution in [0.15, 0.2) is 18.2 Å². The van der Waals surface area contributed by atoms with E-state index in [1.165, 1.54) is 11.1 Å². The minimum absolute atomic E-state index is 0.463. The van der Waals surface area contributed by atoms with Crippen molar-refractivity contribution in [3.05, 3.63) is 34.9 Å². The standard InChI is InChI=1S/C15H24N2O2S/c1-4-8-16-20(18,19)17-9-7-13-5-6-14(12(2)3)10-15(13)11-17/h5-6,10,12,16H,4,7-9,11H2,1-3H3. The molecule has 0 aliphatic carbocycles. The van der Waals surface area contributed by atoms with Crippen molar-refractivity contribution < 1.29 is 8.42 Å². The Balaban J connectivity index is 2.19. The molecule has 0 amide bonds.